The Morgan fingerprint density at radius 2 is 2.00 bits per heavy atom. The molecule has 2 N–H and O–H groups in total. The average molecular weight is 407 g/mol. The van der Waals surface area contributed by atoms with Gasteiger partial charge in [-0.3, -0.25) is 4.99 Å². The van der Waals surface area contributed by atoms with E-state index in [1.54, 1.807) is 14.2 Å². The fourth-order valence-corrected chi connectivity index (χ4v) is 1.76. The number of hydrogen-bond acceptors (Lipinski definition) is 3. The Bertz CT molecular complexity index is 414. The molecule has 1 aromatic rings. The molecule has 1 rings (SSSR count). The second kappa shape index (κ2) is 12.7. The number of guanidine groups is 1. The number of methoxy groups -OCH3 is 1. The Morgan fingerprint density at radius 1 is 1.24 bits per heavy atom. The predicted molar refractivity (Wildman–Crippen MR) is 98.0 cm³/mol. The Kier molecular flexibility index (Phi) is 12.1. The Hall–Kier alpha value is -1.02. The summed E-state index contributed by atoms with van der Waals surface area (Å²) in [6, 6.07) is 8.09. The van der Waals surface area contributed by atoms with Crippen molar-refractivity contribution in [3.63, 3.8) is 0 Å². The summed E-state index contributed by atoms with van der Waals surface area (Å²) in [6.45, 7) is 4.99. The number of halogens is 1. The molecule has 0 atom stereocenters. The molecular weight excluding hydrogens is 381 g/mol. The van der Waals surface area contributed by atoms with Gasteiger partial charge in [0.05, 0.1) is 13.7 Å². The van der Waals surface area contributed by atoms with E-state index in [0.29, 0.717) is 6.61 Å². The highest BCUT2D eigenvalue weighted by Gasteiger charge is 1.99. The first-order valence-corrected chi connectivity index (χ1v) is 6.95. The van der Waals surface area contributed by atoms with Gasteiger partial charge < -0.3 is 20.1 Å². The fraction of sp³-hybridized carbons (Fsp3) is 0.533. The zero-order chi connectivity index (χ0) is 14.6. The quantitative estimate of drug-likeness (QED) is 0.300. The van der Waals surface area contributed by atoms with Gasteiger partial charge in [0.15, 0.2) is 5.96 Å². The maximum Gasteiger partial charge on any atom is 0.191 e. The lowest BCUT2D eigenvalue weighted by Crippen LogP contribution is -2.39. The lowest BCUT2D eigenvalue weighted by molar-refractivity contribution is 0.152. The molecule has 0 saturated heterocycles. The molecule has 0 heterocycles. The third-order valence-corrected chi connectivity index (χ3v) is 2.81. The monoisotopic (exact) mass is 407 g/mol. The van der Waals surface area contributed by atoms with Crippen molar-refractivity contribution in [3.05, 3.63) is 29.8 Å². The van der Waals surface area contributed by atoms with Gasteiger partial charge in [-0.05, 0) is 31.0 Å². The molecule has 0 radical (unpaired) electrons. The third kappa shape index (κ3) is 8.77. The molecule has 0 aromatic heterocycles. The van der Waals surface area contributed by atoms with E-state index in [2.05, 4.69) is 21.7 Å². The van der Waals surface area contributed by atoms with E-state index in [9.17, 15) is 0 Å². The zero-order valence-electron chi connectivity index (χ0n) is 13.0. The summed E-state index contributed by atoms with van der Waals surface area (Å²) in [5.74, 6) is 1.69. The van der Waals surface area contributed by atoms with E-state index >= 15 is 0 Å². The molecule has 0 aliphatic heterocycles. The van der Waals surface area contributed by atoms with Gasteiger partial charge in [-0.1, -0.05) is 12.1 Å². The van der Waals surface area contributed by atoms with Gasteiger partial charge in [-0.15, -0.1) is 24.0 Å². The number of nitrogens with zero attached hydrogens (tertiary/aromatic N) is 1. The van der Waals surface area contributed by atoms with Crippen LogP contribution in [0.3, 0.4) is 0 Å². The van der Waals surface area contributed by atoms with Crippen molar-refractivity contribution in [1.82, 2.24) is 10.6 Å². The summed E-state index contributed by atoms with van der Waals surface area (Å²) in [6.07, 6.45) is 0.920. The molecule has 0 spiro atoms. The smallest absolute Gasteiger partial charge is 0.191 e. The summed E-state index contributed by atoms with van der Waals surface area (Å²) in [7, 11) is 3.45. The van der Waals surface area contributed by atoms with Crippen LogP contribution in [0.2, 0.25) is 0 Å². The first-order valence-electron chi connectivity index (χ1n) is 6.95. The molecule has 0 bridgehead atoms. The molecule has 0 aliphatic rings. The van der Waals surface area contributed by atoms with Crippen molar-refractivity contribution in [2.24, 2.45) is 4.99 Å². The highest BCUT2D eigenvalue weighted by Crippen LogP contribution is 2.12. The molecule has 1 aromatic carbocycles. The molecule has 6 heteroatoms. The van der Waals surface area contributed by atoms with Gasteiger partial charge in [0.2, 0.25) is 0 Å². The van der Waals surface area contributed by atoms with Crippen LogP contribution >= 0.6 is 24.0 Å². The summed E-state index contributed by atoms with van der Waals surface area (Å²) in [4.78, 5) is 4.16. The minimum Gasteiger partial charge on any atom is -0.497 e. The summed E-state index contributed by atoms with van der Waals surface area (Å²) >= 11 is 0. The molecular formula is C15H26IN3O2. The van der Waals surface area contributed by atoms with Crippen LogP contribution in [-0.2, 0) is 11.2 Å². The van der Waals surface area contributed by atoms with Gasteiger partial charge in [-0.25, -0.2) is 0 Å². The maximum atomic E-state index is 5.27. The van der Waals surface area contributed by atoms with Crippen molar-refractivity contribution in [1.29, 1.82) is 0 Å². The zero-order valence-corrected chi connectivity index (χ0v) is 15.3. The number of benzene rings is 1. The molecule has 21 heavy (non-hydrogen) atoms. The maximum absolute atomic E-state index is 5.27. The Morgan fingerprint density at radius 3 is 2.67 bits per heavy atom. The normalized spacial score (nSPS) is 10.7. The van der Waals surface area contributed by atoms with E-state index in [1.165, 1.54) is 5.56 Å². The van der Waals surface area contributed by atoms with Gasteiger partial charge in [-0.2, -0.15) is 0 Å². The van der Waals surface area contributed by atoms with Crippen LogP contribution in [0.4, 0.5) is 0 Å². The van der Waals surface area contributed by atoms with Crippen LogP contribution in [0.25, 0.3) is 0 Å². The van der Waals surface area contributed by atoms with Crippen molar-refractivity contribution in [2.45, 2.75) is 13.3 Å². The largest absolute Gasteiger partial charge is 0.497 e. The molecule has 0 amide bonds. The van der Waals surface area contributed by atoms with Crippen molar-refractivity contribution in [3.8, 4) is 5.75 Å². The van der Waals surface area contributed by atoms with Gasteiger partial charge in [0.25, 0.3) is 0 Å². The van der Waals surface area contributed by atoms with Crippen LogP contribution in [0.5, 0.6) is 5.75 Å². The van der Waals surface area contributed by atoms with Crippen LogP contribution in [0.15, 0.2) is 29.3 Å². The van der Waals surface area contributed by atoms with Crippen molar-refractivity contribution in [2.75, 3.05) is 40.5 Å². The average Bonchev–Trinajstić information content (AvgIpc) is 2.50. The van der Waals surface area contributed by atoms with Crippen LogP contribution in [0.1, 0.15) is 12.5 Å². The van der Waals surface area contributed by atoms with Crippen molar-refractivity contribution >= 4 is 29.9 Å². The fourth-order valence-electron chi connectivity index (χ4n) is 1.76. The first kappa shape index (κ1) is 20.0. The first-order chi connectivity index (χ1) is 9.80. The van der Waals surface area contributed by atoms with Crippen LogP contribution < -0.4 is 15.4 Å². The number of ether oxygens (including phenoxy) is 2. The SMILES string of the molecule is CCOCCNC(=NC)NCCc1cccc(OC)c1.I. The van der Waals surface area contributed by atoms with E-state index in [1.807, 2.05) is 25.1 Å². The Balaban J connectivity index is 0.00000400. The molecule has 0 unspecified atom stereocenters. The molecule has 0 saturated carbocycles. The van der Waals surface area contributed by atoms with Gasteiger partial charge in [0, 0.05) is 26.7 Å². The number of aliphatic imine (C=N–C) groups is 1. The lowest BCUT2D eigenvalue weighted by Gasteiger charge is -2.12. The summed E-state index contributed by atoms with van der Waals surface area (Å²) in [5, 5.41) is 6.48. The molecule has 0 aliphatic carbocycles. The van der Waals surface area contributed by atoms with E-state index in [-0.39, 0.29) is 24.0 Å². The topological polar surface area (TPSA) is 54.9 Å². The second-order valence-electron chi connectivity index (χ2n) is 4.22. The number of hydrogen-bond donors (Lipinski definition) is 2. The Labute approximate surface area is 144 Å². The van der Waals surface area contributed by atoms with E-state index < -0.39 is 0 Å². The van der Waals surface area contributed by atoms with E-state index in [0.717, 1.165) is 37.8 Å². The highest BCUT2D eigenvalue weighted by atomic mass is 127. The second-order valence-corrected chi connectivity index (χ2v) is 4.22. The molecule has 120 valence electrons. The van der Waals surface area contributed by atoms with Gasteiger partial charge >= 0.3 is 0 Å². The molecule has 0 fully saturated rings. The highest BCUT2D eigenvalue weighted by molar-refractivity contribution is 14.0. The predicted octanol–water partition coefficient (Wildman–Crippen LogP) is 2.06. The minimum absolute atomic E-state index is 0. The number of rotatable bonds is 8. The van der Waals surface area contributed by atoms with Crippen LogP contribution in [0, 0.1) is 0 Å². The van der Waals surface area contributed by atoms with Gasteiger partial charge in [0.1, 0.15) is 5.75 Å². The molecule has 5 nitrogen and oxygen atoms in total. The summed E-state index contributed by atoms with van der Waals surface area (Å²) < 4.78 is 10.5. The van der Waals surface area contributed by atoms with Crippen LogP contribution in [-0.4, -0.2) is 46.4 Å². The summed E-state index contributed by atoms with van der Waals surface area (Å²) in [5.41, 5.74) is 1.24. The minimum atomic E-state index is 0. The lowest BCUT2D eigenvalue weighted by atomic mass is 10.1. The standard InChI is InChI=1S/C15H25N3O2.HI/c1-4-20-11-10-18-15(16-2)17-9-8-13-6-5-7-14(12-13)19-3;/h5-7,12H,4,8-11H2,1-3H3,(H2,16,17,18);1H. The van der Waals surface area contributed by atoms with Crippen molar-refractivity contribution < 1.29 is 9.47 Å². The third-order valence-electron chi connectivity index (χ3n) is 2.81. The number of nitrogens with one attached hydrogen (secondary N) is 2. The van der Waals surface area contributed by atoms with E-state index in [4.69, 9.17) is 9.47 Å².